The van der Waals surface area contributed by atoms with E-state index < -0.39 is 0 Å². The average Bonchev–Trinajstić information content (AvgIpc) is 2.39. The molecule has 0 atom stereocenters. The van der Waals surface area contributed by atoms with Crippen LogP contribution in [0.2, 0.25) is 0 Å². The van der Waals surface area contributed by atoms with Gasteiger partial charge in [-0.25, -0.2) is 0 Å². The van der Waals surface area contributed by atoms with Crippen LogP contribution in [0.15, 0.2) is 18.2 Å². The predicted molar refractivity (Wildman–Crippen MR) is 70.0 cm³/mol. The van der Waals surface area contributed by atoms with E-state index in [1.54, 1.807) is 7.11 Å². The van der Waals surface area contributed by atoms with Crippen LogP contribution in [-0.2, 0) is 0 Å². The highest BCUT2D eigenvalue weighted by Crippen LogP contribution is 2.23. The van der Waals surface area contributed by atoms with Gasteiger partial charge in [0, 0.05) is 13.1 Å². The van der Waals surface area contributed by atoms with Gasteiger partial charge in [0.05, 0.1) is 12.7 Å². The van der Waals surface area contributed by atoms with Gasteiger partial charge >= 0.3 is 0 Å². The van der Waals surface area contributed by atoms with Crippen LogP contribution in [0.5, 0.6) is 5.75 Å². The minimum atomic E-state index is 0.599. The van der Waals surface area contributed by atoms with Gasteiger partial charge in [0.1, 0.15) is 11.6 Å². The van der Waals surface area contributed by atoms with E-state index in [1.165, 1.54) is 19.3 Å². The van der Waals surface area contributed by atoms with Crippen molar-refractivity contribution in [1.82, 2.24) is 4.90 Å². The SMILES string of the molecule is COc1cc(C)ccc1C(=N)N1CCCCC1. The number of nitrogens with one attached hydrogen (secondary N) is 1. The minimum absolute atomic E-state index is 0.599. The molecule has 17 heavy (non-hydrogen) atoms. The zero-order valence-electron chi connectivity index (χ0n) is 10.6. The van der Waals surface area contributed by atoms with Crippen molar-refractivity contribution in [2.24, 2.45) is 0 Å². The fourth-order valence-corrected chi connectivity index (χ4v) is 2.28. The first-order valence-electron chi connectivity index (χ1n) is 6.21. The number of likely N-dealkylation sites (tertiary alicyclic amines) is 1. The number of ether oxygens (including phenoxy) is 1. The van der Waals surface area contributed by atoms with E-state index >= 15 is 0 Å². The number of benzene rings is 1. The van der Waals surface area contributed by atoms with Crippen LogP contribution in [0.4, 0.5) is 0 Å². The molecule has 3 nitrogen and oxygen atoms in total. The molecule has 1 aromatic carbocycles. The molecule has 0 unspecified atom stereocenters. The van der Waals surface area contributed by atoms with Crippen LogP contribution in [0.25, 0.3) is 0 Å². The number of aryl methyl sites for hydroxylation is 1. The molecular formula is C14H20N2O. The van der Waals surface area contributed by atoms with E-state index in [-0.39, 0.29) is 0 Å². The van der Waals surface area contributed by atoms with E-state index in [9.17, 15) is 0 Å². The quantitative estimate of drug-likeness (QED) is 0.628. The van der Waals surface area contributed by atoms with Gasteiger partial charge in [-0.1, -0.05) is 6.07 Å². The minimum Gasteiger partial charge on any atom is -0.496 e. The van der Waals surface area contributed by atoms with Gasteiger partial charge in [-0.2, -0.15) is 0 Å². The molecular weight excluding hydrogens is 212 g/mol. The predicted octanol–water partition coefficient (Wildman–Crippen LogP) is 2.81. The van der Waals surface area contributed by atoms with Crippen molar-refractivity contribution in [1.29, 1.82) is 5.41 Å². The third kappa shape index (κ3) is 2.60. The van der Waals surface area contributed by atoms with E-state index in [2.05, 4.69) is 4.90 Å². The molecule has 3 heteroatoms. The van der Waals surface area contributed by atoms with Crippen LogP contribution in [0.3, 0.4) is 0 Å². The molecule has 0 saturated carbocycles. The number of hydrogen-bond acceptors (Lipinski definition) is 2. The zero-order valence-corrected chi connectivity index (χ0v) is 10.6. The third-order valence-corrected chi connectivity index (χ3v) is 3.28. The highest BCUT2D eigenvalue weighted by Gasteiger charge is 2.17. The highest BCUT2D eigenvalue weighted by atomic mass is 16.5. The Bertz CT molecular complexity index is 409. The first kappa shape index (κ1) is 12.0. The van der Waals surface area contributed by atoms with Gasteiger partial charge in [0.15, 0.2) is 0 Å². The summed E-state index contributed by atoms with van der Waals surface area (Å²) in [6, 6.07) is 6.02. The van der Waals surface area contributed by atoms with Crippen molar-refractivity contribution in [3.8, 4) is 5.75 Å². The highest BCUT2D eigenvalue weighted by molar-refractivity contribution is 5.99. The second-order valence-electron chi connectivity index (χ2n) is 4.60. The topological polar surface area (TPSA) is 36.3 Å². The van der Waals surface area contributed by atoms with Gasteiger partial charge in [0.2, 0.25) is 0 Å². The standard InChI is InChI=1S/C14H20N2O/c1-11-6-7-12(13(10-11)17-2)14(15)16-8-4-3-5-9-16/h6-7,10,15H,3-5,8-9H2,1-2H3. The molecule has 0 spiro atoms. The molecule has 1 saturated heterocycles. The molecule has 1 fully saturated rings. The van der Waals surface area contributed by atoms with Crippen molar-refractivity contribution < 1.29 is 4.74 Å². The Kier molecular flexibility index (Phi) is 3.67. The second-order valence-corrected chi connectivity index (χ2v) is 4.60. The molecule has 0 aromatic heterocycles. The largest absolute Gasteiger partial charge is 0.496 e. The van der Waals surface area contributed by atoms with E-state index in [0.29, 0.717) is 5.84 Å². The van der Waals surface area contributed by atoms with Crippen molar-refractivity contribution in [3.63, 3.8) is 0 Å². The maximum Gasteiger partial charge on any atom is 0.131 e. The maximum absolute atomic E-state index is 8.28. The Labute approximate surface area is 103 Å². The van der Waals surface area contributed by atoms with Gasteiger partial charge < -0.3 is 9.64 Å². The van der Waals surface area contributed by atoms with E-state index in [1.807, 2.05) is 25.1 Å². The number of methoxy groups -OCH3 is 1. The molecule has 0 radical (unpaired) electrons. The van der Waals surface area contributed by atoms with Crippen LogP contribution in [0, 0.1) is 12.3 Å². The fraction of sp³-hybridized carbons (Fsp3) is 0.500. The lowest BCUT2D eigenvalue weighted by molar-refractivity contribution is 0.339. The van der Waals surface area contributed by atoms with Crippen molar-refractivity contribution in [3.05, 3.63) is 29.3 Å². The number of piperidine rings is 1. The Hall–Kier alpha value is -1.51. The monoisotopic (exact) mass is 232 g/mol. The average molecular weight is 232 g/mol. The zero-order chi connectivity index (χ0) is 12.3. The first-order valence-corrected chi connectivity index (χ1v) is 6.21. The molecule has 92 valence electrons. The number of rotatable bonds is 2. The Morgan fingerprint density at radius 1 is 1.24 bits per heavy atom. The second kappa shape index (κ2) is 5.21. The van der Waals surface area contributed by atoms with Crippen molar-refractivity contribution >= 4 is 5.84 Å². The molecule has 1 aliphatic heterocycles. The smallest absolute Gasteiger partial charge is 0.131 e. The number of nitrogens with zero attached hydrogens (tertiary/aromatic N) is 1. The Morgan fingerprint density at radius 3 is 2.59 bits per heavy atom. The molecule has 2 rings (SSSR count). The van der Waals surface area contributed by atoms with Gasteiger partial charge in [-0.05, 0) is 43.9 Å². The van der Waals surface area contributed by atoms with Crippen LogP contribution < -0.4 is 4.74 Å². The summed E-state index contributed by atoms with van der Waals surface area (Å²) in [6.07, 6.45) is 3.67. The van der Waals surface area contributed by atoms with Gasteiger partial charge in [-0.15, -0.1) is 0 Å². The summed E-state index contributed by atoms with van der Waals surface area (Å²) in [5.74, 6) is 1.40. The summed E-state index contributed by atoms with van der Waals surface area (Å²) in [6.45, 7) is 4.03. The van der Waals surface area contributed by atoms with Crippen molar-refractivity contribution in [2.45, 2.75) is 26.2 Å². The number of amidine groups is 1. The third-order valence-electron chi connectivity index (χ3n) is 3.28. The summed E-state index contributed by atoms with van der Waals surface area (Å²) in [5.41, 5.74) is 2.07. The molecule has 1 aliphatic rings. The Morgan fingerprint density at radius 2 is 1.94 bits per heavy atom. The molecule has 1 N–H and O–H groups in total. The summed E-state index contributed by atoms with van der Waals surface area (Å²) in [7, 11) is 1.67. The number of hydrogen-bond donors (Lipinski definition) is 1. The lowest BCUT2D eigenvalue weighted by Crippen LogP contribution is -2.35. The Balaban J connectivity index is 2.23. The van der Waals surface area contributed by atoms with E-state index in [0.717, 1.165) is 30.0 Å². The van der Waals surface area contributed by atoms with Gasteiger partial charge in [0.25, 0.3) is 0 Å². The molecule has 1 heterocycles. The van der Waals surface area contributed by atoms with E-state index in [4.69, 9.17) is 10.1 Å². The summed E-state index contributed by atoms with van der Waals surface area (Å²) < 4.78 is 5.37. The fourth-order valence-electron chi connectivity index (χ4n) is 2.28. The molecule has 0 aliphatic carbocycles. The van der Waals surface area contributed by atoms with Crippen LogP contribution in [-0.4, -0.2) is 30.9 Å². The molecule has 0 bridgehead atoms. The van der Waals surface area contributed by atoms with Crippen molar-refractivity contribution in [2.75, 3.05) is 20.2 Å². The normalized spacial score (nSPS) is 15.8. The van der Waals surface area contributed by atoms with Gasteiger partial charge in [-0.3, -0.25) is 5.41 Å². The molecule has 1 aromatic rings. The lowest BCUT2D eigenvalue weighted by atomic mass is 10.1. The molecule has 0 amide bonds. The first-order chi connectivity index (χ1) is 8.22. The lowest BCUT2D eigenvalue weighted by Gasteiger charge is -2.29. The summed E-state index contributed by atoms with van der Waals surface area (Å²) in [5, 5.41) is 8.28. The van der Waals surface area contributed by atoms with Crippen LogP contribution >= 0.6 is 0 Å². The maximum atomic E-state index is 8.28. The summed E-state index contributed by atoms with van der Waals surface area (Å²) >= 11 is 0. The van der Waals surface area contributed by atoms with Crippen LogP contribution in [0.1, 0.15) is 30.4 Å². The summed E-state index contributed by atoms with van der Waals surface area (Å²) in [4.78, 5) is 2.15.